The van der Waals surface area contributed by atoms with E-state index < -0.39 is 0 Å². The van der Waals surface area contributed by atoms with Crippen molar-refractivity contribution in [1.29, 1.82) is 0 Å². The van der Waals surface area contributed by atoms with Gasteiger partial charge in [0, 0.05) is 6.21 Å². The van der Waals surface area contributed by atoms with Gasteiger partial charge in [0.1, 0.15) is 5.82 Å². The molecule has 0 saturated heterocycles. The third kappa shape index (κ3) is 2.06. The minimum Gasteiger partial charge on any atom is -0.288 e. The number of hydrogen-bond acceptors (Lipinski definition) is 1. The van der Waals surface area contributed by atoms with E-state index in [1.54, 1.807) is 12.3 Å². The van der Waals surface area contributed by atoms with E-state index in [0.29, 0.717) is 6.54 Å². The van der Waals surface area contributed by atoms with Gasteiger partial charge in [-0.3, -0.25) is 4.99 Å². The van der Waals surface area contributed by atoms with E-state index in [-0.39, 0.29) is 11.2 Å². The van der Waals surface area contributed by atoms with Crippen molar-refractivity contribution in [2.24, 2.45) is 4.99 Å². The van der Waals surface area contributed by atoms with Crippen LogP contribution in [0.5, 0.6) is 0 Å². The molecule has 0 saturated carbocycles. The van der Waals surface area contributed by atoms with Gasteiger partial charge in [-0.2, -0.15) is 0 Å². The molecule has 1 aromatic carbocycles. The molecule has 2 heteroatoms. The van der Waals surface area contributed by atoms with Crippen LogP contribution in [0.25, 0.3) is 5.57 Å². The van der Waals surface area contributed by atoms with Crippen molar-refractivity contribution in [3.05, 3.63) is 41.2 Å². The van der Waals surface area contributed by atoms with Crippen molar-refractivity contribution >= 4 is 11.8 Å². The van der Waals surface area contributed by atoms with Gasteiger partial charge in [-0.25, -0.2) is 4.39 Å². The summed E-state index contributed by atoms with van der Waals surface area (Å²) in [5.41, 5.74) is 2.63. The number of allylic oxidation sites excluding steroid dienone is 1. The second-order valence-electron chi connectivity index (χ2n) is 5.13. The largest absolute Gasteiger partial charge is 0.288 e. The highest BCUT2D eigenvalue weighted by atomic mass is 19.1. The quantitative estimate of drug-likeness (QED) is 0.681. The van der Waals surface area contributed by atoms with Crippen LogP contribution in [0.1, 0.15) is 31.9 Å². The van der Waals surface area contributed by atoms with E-state index in [1.165, 1.54) is 0 Å². The highest BCUT2D eigenvalue weighted by molar-refractivity contribution is 5.89. The van der Waals surface area contributed by atoms with Crippen LogP contribution in [0.3, 0.4) is 0 Å². The molecule has 0 bridgehead atoms. The van der Waals surface area contributed by atoms with E-state index in [2.05, 4.69) is 4.99 Å². The maximum Gasteiger partial charge on any atom is 0.127 e. The van der Waals surface area contributed by atoms with E-state index in [4.69, 9.17) is 0 Å². The summed E-state index contributed by atoms with van der Waals surface area (Å²) < 4.78 is 13.9. The molecular weight excluding hydrogens is 201 g/mol. The molecule has 1 aliphatic rings. The Hall–Kier alpha value is -1.44. The Balaban J connectivity index is 2.37. The minimum atomic E-state index is -0.150. The van der Waals surface area contributed by atoms with Crippen molar-refractivity contribution < 1.29 is 4.39 Å². The third-order valence-electron chi connectivity index (χ3n) is 2.79. The molecule has 2 rings (SSSR count). The summed E-state index contributed by atoms with van der Waals surface area (Å²) in [6, 6.07) is 5.47. The molecule has 1 aliphatic heterocycles. The number of aliphatic imine (C=N–C) groups is 1. The molecule has 84 valence electrons. The summed E-state index contributed by atoms with van der Waals surface area (Å²) in [5.74, 6) is -0.127. The Labute approximate surface area is 95.7 Å². The van der Waals surface area contributed by atoms with Crippen molar-refractivity contribution in [3.63, 3.8) is 0 Å². The highest BCUT2D eigenvalue weighted by Crippen LogP contribution is 2.28. The fraction of sp³-hybridized carbons (Fsp3) is 0.357. The Morgan fingerprint density at radius 2 is 2.00 bits per heavy atom. The fourth-order valence-electron chi connectivity index (χ4n) is 1.86. The van der Waals surface area contributed by atoms with Crippen LogP contribution in [0, 0.1) is 5.82 Å². The lowest BCUT2D eigenvalue weighted by atomic mass is 9.85. The molecule has 0 unspecified atom stereocenters. The molecule has 0 amide bonds. The average Bonchev–Trinajstić information content (AvgIpc) is 2.68. The molecule has 0 aromatic heterocycles. The van der Waals surface area contributed by atoms with E-state index >= 15 is 0 Å². The molecule has 1 heterocycles. The Morgan fingerprint density at radius 3 is 2.50 bits per heavy atom. The molecule has 0 atom stereocenters. The van der Waals surface area contributed by atoms with Crippen LogP contribution in [-0.4, -0.2) is 12.8 Å². The first-order valence-electron chi connectivity index (χ1n) is 5.48. The zero-order chi connectivity index (χ0) is 11.8. The molecule has 0 spiro atoms. The van der Waals surface area contributed by atoms with Gasteiger partial charge in [0.15, 0.2) is 0 Å². The third-order valence-corrected chi connectivity index (χ3v) is 2.79. The predicted octanol–water partition coefficient (Wildman–Crippen LogP) is 3.59. The first-order valence-corrected chi connectivity index (χ1v) is 5.48. The zero-order valence-corrected chi connectivity index (χ0v) is 9.92. The molecule has 1 nitrogen and oxygen atoms in total. The van der Waals surface area contributed by atoms with E-state index in [9.17, 15) is 4.39 Å². The number of hydrogen-bond donors (Lipinski definition) is 0. The van der Waals surface area contributed by atoms with Crippen molar-refractivity contribution in [1.82, 2.24) is 0 Å². The first kappa shape index (κ1) is 11.1. The Bertz CT molecular complexity index is 464. The highest BCUT2D eigenvalue weighted by Gasteiger charge is 2.19. The SMILES string of the molecule is CC(C)(C)c1ccc(C2=CC=NC2)cc1F. The molecular formula is C14H16FN. The number of nitrogens with zero attached hydrogens (tertiary/aromatic N) is 1. The topological polar surface area (TPSA) is 12.4 Å². The Kier molecular flexibility index (Phi) is 2.66. The predicted molar refractivity (Wildman–Crippen MR) is 66.4 cm³/mol. The minimum absolute atomic E-state index is 0.127. The Morgan fingerprint density at radius 1 is 1.25 bits per heavy atom. The van der Waals surface area contributed by atoms with Gasteiger partial charge in [0.05, 0.1) is 6.54 Å². The summed E-state index contributed by atoms with van der Waals surface area (Å²) in [6.45, 7) is 6.71. The summed E-state index contributed by atoms with van der Waals surface area (Å²) in [7, 11) is 0. The smallest absolute Gasteiger partial charge is 0.127 e. The van der Waals surface area contributed by atoms with Crippen molar-refractivity contribution in [2.45, 2.75) is 26.2 Å². The van der Waals surface area contributed by atoms with Crippen LogP contribution in [0.15, 0.2) is 29.3 Å². The van der Waals surface area contributed by atoms with Crippen molar-refractivity contribution in [3.8, 4) is 0 Å². The number of rotatable bonds is 1. The molecule has 0 aliphatic carbocycles. The van der Waals surface area contributed by atoms with Gasteiger partial charge >= 0.3 is 0 Å². The molecule has 1 aromatic rings. The first-order chi connectivity index (χ1) is 7.48. The number of halogens is 1. The lowest BCUT2D eigenvalue weighted by molar-refractivity contribution is 0.522. The maximum atomic E-state index is 13.9. The standard InChI is InChI=1S/C14H16FN/c1-14(2,3)12-5-4-10(8-13(12)15)11-6-7-16-9-11/h4-8H,9H2,1-3H3. The second kappa shape index (κ2) is 3.85. The van der Waals surface area contributed by atoms with Gasteiger partial charge in [-0.1, -0.05) is 32.9 Å². The summed E-state index contributed by atoms with van der Waals surface area (Å²) >= 11 is 0. The van der Waals surface area contributed by atoms with E-state index in [1.807, 2.05) is 39.0 Å². The van der Waals surface area contributed by atoms with Crippen LogP contribution >= 0.6 is 0 Å². The lowest BCUT2D eigenvalue weighted by Crippen LogP contribution is -2.13. The summed E-state index contributed by atoms with van der Waals surface area (Å²) in [5, 5.41) is 0. The molecule has 0 radical (unpaired) electrons. The van der Waals surface area contributed by atoms with Gasteiger partial charge in [-0.15, -0.1) is 0 Å². The maximum absolute atomic E-state index is 13.9. The monoisotopic (exact) mass is 217 g/mol. The van der Waals surface area contributed by atoms with E-state index in [0.717, 1.165) is 16.7 Å². The average molecular weight is 217 g/mol. The fourth-order valence-corrected chi connectivity index (χ4v) is 1.86. The van der Waals surface area contributed by atoms with Crippen LogP contribution < -0.4 is 0 Å². The van der Waals surface area contributed by atoms with Crippen LogP contribution in [-0.2, 0) is 5.41 Å². The van der Waals surface area contributed by atoms with Crippen LogP contribution in [0.4, 0.5) is 4.39 Å². The molecule has 16 heavy (non-hydrogen) atoms. The van der Waals surface area contributed by atoms with Gasteiger partial charge < -0.3 is 0 Å². The van der Waals surface area contributed by atoms with Gasteiger partial charge in [0.25, 0.3) is 0 Å². The number of benzene rings is 1. The van der Waals surface area contributed by atoms with Gasteiger partial charge in [0.2, 0.25) is 0 Å². The van der Waals surface area contributed by atoms with Gasteiger partial charge in [-0.05, 0) is 34.3 Å². The zero-order valence-electron chi connectivity index (χ0n) is 9.92. The molecule has 0 N–H and O–H groups in total. The summed E-state index contributed by atoms with van der Waals surface area (Å²) in [6.07, 6.45) is 3.70. The summed E-state index contributed by atoms with van der Waals surface area (Å²) in [4.78, 5) is 4.10. The lowest BCUT2D eigenvalue weighted by Gasteiger charge is -2.20. The van der Waals surface area contributed by atoms with Crippen molar-refractivity contribution in [2.75, 3.05) is 6.54 Å². The second-order valence-corrected chi connectivity index (χ2v) is 5.13. The normalized spacial score (nSPS) is 15.4. The van der Waals surface area contributed by atoms with Crippen LogP contribution in [0.2, 0.25) is 0 Å². The molecule has 0 fully saturated rings.